The highest BCUT2D eigenvalue weighted by Crippen LogP contribution is 2.35. The summed E-state index contributed by atoms with van der Waals surface area (Å²) < 4.78 is 13.0. The molecule has 1 atom stereocenters. The summed E-state index contributed by atoms with van der Waals surface area (Å²) in [6.45, 7) is 4.50. The molecule has 1 aliphatic rings. The molecular weight excluding hydrogens is 633 g/mol. The van der Waals surface area contributed by atoms with Gasteiger partial charge in [0.1, 0.15) is 11.5 Å². The number of benzene rings is 3. The zero-order valence-corrected chi connectivity index (χ0v) is 27.7. The number of carbonyl (C=O) groups is 2. The van der Waals surface area contributed by atoms with Gasteiger partial charge in [-0.2, -0.15) is 5.10 Å². The second-order valence-corrected chi connectivity index (χ2v) is 12.6. The first-order chi connectivity index (χ1) is 23.0. The minimum absolute atomic E-state index is 0.0933. The van der Waals surface area contributed by atoms with Crippen LogP contribution in [-0.2, 0) is 16.1 Å². The Labute approximate surface area is 281 Å². The summed E-state index contributed by atoms with van der Waals surface area (Å²) in [7, 11) is 0. The van der Waals surface area contributed by atoms with E-state index in [1.165, 1.54) is 11.8 Å². The Kier molecular flexibility index (Phi) is 10.3. The molecule has 5 aromatic rings. The van der Waals surface area contributed by atoms with E-state index < -0.39 is 0 Å². The Balaban J connectivity index is 1.20. The summed E-state index contributed by atoms with van der Waals surface area (Å²) in [5, 5.41) is 20.6. The van der Waals surface area contributed by atoms with Gasteiger partial charge >= 0.3 is 0 Å². The maximum absolute atomic E-state index is 13.8. The van der Waals surface area contributed by atoms with Gasteiger partial charge in [-0.3, -0.25) is 14.2 Å². The van der Waals surface area contributed by atoms with E-state index in [-0.39, 0.29) is 36.8 Å². The summed E-state index contributed by atoms with van der Waals surface area (Å²) in [4.78, 5) is 27.5. The Bertz CT molecular complexity index is 1820. The summed E-state index contributed by atoms with van der Waals surface area (Å²) in [6.07, 6.45) is 0.639. The van der Waals surface area contributed by atoms with Crippen molar-refractivity contribution in [2.24, 2.45) is 5.10 Å². The number of nitrogens with zero attached hydrogens (tertiary/aromatic N) is 5. The molecular formula is C35H34N6O4S2. The van der Waals surface area contributed by atoms with Crippen LogP contribution in [0.1, 0.15) is 41.2 Å². The van der Waals surface area contributed by atoms with Crippen molar-refractivity contribution in [3.63, 3.8) is 0 Å². The number of thiophene rings is 1. The lowest BCUT2D eigenvalue weighted by Crippen LogP contribution is -2.29. The number of hydrogen-bond acceptors (Lipinski definition) is 9. The molecule has 240 valence electrons. The van der Waals surface area contributed by atoms with E-state index >= 15 is 0 Å². The van der Waals surface area contributed by atoms with Crippen LogP contribution < -0.4 is 14.8 Å². The minimum atomic E-state index is -0.296. The fourth-order valence-electron chi connectivity index (χ4n) is 5.09. The Morgan fingerprint density at radius 3 is 2.43 bits per heavy atom. The van der Waals surface area contributed by atoms with Crippen LogP contribution in [0.2, 0.25) is 0 Å². The number of aryl methyl sites for hydroxylation is 1. The summed E-state index contributed by atoms with van der Waals surface area (Å²) >= 11 is 2.89. The molecule has 0 spiro atoms. The molecule has 12 heteroatoms. The van der Waals surface area contributed by atoms with E-state index in [9.17, 15) is 9.59 Å². The van der Waals surface area contributed by atoms with Crippen molar-refractivity contribution in [3.8, 4) is 17.2 Å². The van der Waals surface area contributed by atoms with Gasteiger partial charge in [-0.1, -0.05) is 65.9 Å². The van der Waals surface area contributed by atoms with E-state index in [4.69, 9.17) is 14.6 Å². The Morgan fingerprint density at radius 2 is 1.70 bits per heavy atom. The summed E-state index contributed by atoms with van der Waals surface area (Å²) in [6, 6.07) is 28.8. The molecule has 3 heterocycles. The molecule has 0 unspecified atom stereocenters. The van der Waals surface area contributed by atoms with E-state index in [0.717, 1.165) is 33.2 Å². The molecule has 2 aromatic heterocycles. The van der Waals surface area contributed by atoms with E-state index in [1.54, 1.807) is 28.5 Å². The number of thioether (sulfide) groups is 1. The average molecular weight is 667 g/mol. The fraction of sp³-hybridized carbons (Fsp3) is 0.229. The maximum Gasteiger partial charge on any atom is 0.258 e. The molecule has 1 aliphatic heterocycles. The third-order valence-electron chi connectivity index (χ3n) is 7.42. The molecule has 3 aromatic carbocycles. The molecule has 0 aliphatic carbocycles. The first-order valence-electron chi connectivity index (χ1n) is 15.2. The molecule has 1 N–H and O–H groups in total. The van der Waals surface area contributed by atoms with Gasteiger partial charge in [0.2, 0.25) is 0 Å². The van der Waals surface area contributed by atoms with Crippen molar-refractivity contribution >= 4 is 40.6 Å². The van der Waals surface area contributed by atoms with Crippen molar-refractivity contribution in [2.45, 2.75) is 38.0 Å². The number of aromatic nitrogens is 3. The average Bonchev–Trinajstić information content (AvgIpc) is 3.87. The number of hydrogen-bond donors (Lipinski definition) is 1. The van der Waals surface area contributed by atoms with E-state index in [1.807, 2.05) is 78.4 Å². The minimum Gasteiger partial charge on any atom is -0.494 e. The van der Waals surface area contributed by atoms with Gasteiger partial charge in [-0.05, 0) is 67.3 Å². The molecule has 47 heavy (non-hydrogen) atoms. The van der Waals surface area contributed by atoms with Crippen LogP contribution in [0, 0.1) is 6.92 Å². The second kappa shape index (κ2) is 15.1. The number of para-hydroxylation sites is 1. The molecule has 0 saturated heterocycles. The quantitative estimate of drug-likeness (QED) is 0.149. The van der Waals surface area contributed by atoms with Crippen LogP contribution >= 0.6 is 23.1 Å². The maximum atomic E-state index is 13.8. The number of hydrazone groups is 1. The highest BCUT2D eigenvalue weighted by atomic mass is 32.2. The van der Waals surface area contributed by atoms with Crippen LogP contribution in [0.15, 0.2) is 107 Å². The highest BCUT2D eigenvalue weighted by molar-refractivity contribution is 7.99. The lowest BCUT2D eigenvalue weighted by molar-refractivity contribution is -0.130. The first-order valence-corrected chi connectivity index (χ1v) is 17.1. The molecule has 0 bridgehead atoms. The van der Waals surface area contributed by atoms with Crippen LogP contribution in [0.25, 0.3) is 5.69 Å². The van der Waals surface area contributed by atoms with Crippen molar-refractivity contribution < 1.29 is 19.1 Å². The molecule has 0 radical (unpaired) electrons. The molecule has 2 amide bonds. The van der Waals surface area contributed by atoms with Gasteiger partial charge in [0.15, 0.2) is 17.6 Å². The van der Waals surface area contributed by atoms with Crippen molar-refractivity contribution in [1.29, 1.82) is 0 Å². The zero-order valence-electron chi connectivity index (χ0n) is 26.0. The third kappa shape index (κ3) is 7.90. The van der Waals surface area contributed by atoms with Crippen molar-refractivity contribution in [2.75, 3.05) is 19.0 Å². The largest absolute Gasteiger partial charge is 0.494 e. The first kappa shape index (κ1) is 32.0. The predicted molar refractivity (Wildman–Crippen MR) is 183 cm³/mol. The van der Waals surface area contributed by atoms with Crippen molar-refractivity contribution in [1.82, 2.24) is 25.1 Å². The van der Waals surface area contributed by atoms with Gasteiger partial charge in [0, 0.05) is 12.1 Å². The zero-order chi connectivity index (χ0) is 32.6. The summed E-state index contributed by atoms with van der Waals surface area (Å²) in [5.41, 5.74) is 3.87. The standard InChI is InChI=1S/C35H34N6O4S2/c1-3-44-28-17-15-26(16-18-28)40-32(21-36-33(42)22-45-27-8-5-4-6-9-27)37-38-35(40)47-23-34(43)41-30(25-13-11-24(2)12-14-25)20-29(39-41)31-10-7-19-46-31/h4-19,30H,3,20-23H2,1-2H3,(H,36,42)/t30-/m0/s1. The predicted octanol–water partition coefficient (Wildman–Crippen LogP) is 6.20. The van der Waals surface area contributed by atoms with Gasteiger partial charge in [0.05, 0.1) is 35.5 Å². The monoisotopic (exact) mass is 666 g/mol. The number of carbonyl (C=O) groups excluding carboxylic acids is 2. The topological polar surface area (TPSA) is 111 Å². The van der Waals surface area contributed by atoms with E-state index in [0.29, 0.717) is 29.8 Å². The molecule has 10 nitrogen and oxygen atoms in total. The smallest absolute Gasteiger partial charge is 0.258 e. The molecule has 0 saturated carbocycles. The van der Waals surface area contributed by atoms with Crippen molar-refractivity contribution in [3.05, 3.63) is 118 Å². The Morgan fingerprint density at radius 1 is 0.936 bits per heavy atom. The van der Waals surface area contributed by atoms with Gasteiger partial charge < -0.3 is 14.8 Å². The summed E-state index contributed by atoms with van der Waals surface area (Å²) in [5.74, 6) is 1.51. The molecule has 0 fully saturated rings. The Hall–Kier alpha value is -4.94. The number of ether oxygens (including phenoxy) is 2. The van der Waals surface area contributed by atoms with Crippen LogP contribution in [0.3, 0.4) is 0 Å². The second-order valence-electron chi connectivity index (χ2n) is 10.7. The normalized spacial score (nSPS) is 14.1. The number of rotatable bonds is 13. The van der Waals surface area contributed by atoms with Gasteiger partial charge in [0.25, 0.3) is 11.8 Å². The lowest BCUT2D eigenvalue weighted by atomic mass is 10.00. The van der Waals surface area contributed by atoms with Crippen LogP contribution in [0.4, 0.5) is 0 Å². The number of amides is 2. The third-order valence-corrected chi connectivity index (χ3v) is 9.25. The molecule has 6 rings (SSSR count). The van der Waals surface area contributed by atoms with Gasteiger partial charge in [-0.25, -0.2) is 5.01 Å². The van der Waals surface area contributed by atoms with Crippen LogP contribution in [0.5, 0.6) is 11.5 Å². The lowest BCUT2D eigenvalue weighted by Gasteiger charge is -2.22. The SMILES string of the molecule is CCOc1ccc(-n2c(CNC(=O)COc3ccccc3)nnc2SCC(=O)N2N=C(c3cccs3)C[C@H]2c2ccc(C)cc2)cc1. The fourth-order valence-corrected chi connectivity index (χ4v) is 6.64. The van der Waals surface area contributed by atoms with E-state index in [2.05, 4.69) is 39.8 Å². The van der Waals surface area contributed by atoms with Gasteiger partial charge in [-0.15, -0.1) is 21.5 Å². The number of nitrogens with one attached hydrogen (secondary N) is 1. The highest BCUT2D eigenvalue weighted by Gasteiger charge is 2.33. The van der Waals surface area contributed by atoms with Crippen LogP contribution in [-0.4, -0.2) is 56.3 Å².